The molecule has 0 amide bonds. The van der Waals surface area contributed by atoms with Crippen molar-refractivity contribution in [3.05, 3.63) is 59.1 Å². The third-order valence-corrected chi connectivity index (χ3v) is 7.66. The average molecular weight is 497 g/mol. The van der Waals surface area contributed by atoms with Gasteiger partial charge in [-0.2, -0.15) is 0 Å². The summed E-state index contributed by atoms with van der Waals surface area (Å²) in [5, 5.41) is 8.41. The molecule has 3 N–H and O–H groups in total. The standard InChI is InChI=1S/C27H27F3N4S/c1-34-15-11-18(12-16-34)33-21-8-3-6-19-23(24(28)27(29)30)22(35-26(19)21)9-4-13-31-20-7-2-5-17-10-14-32-25(17)20/h2-3,5-8,10,14,18,24,27,31-33H,11-13,15-16H2,1H3. The summed E-state index contributed by atoms with van der Waals surface area (Å²) in [5.74, 6) is 5.98. The number of aromatic nitrogens is 1. The van der Waals surface area contributed by atoms with Crippen LogP contribution < -0.4 is 10.6 Å². The van der Waals surface area contributed by atoms with E-state index in [1.54, 1.807) is 12.1 Å². The highest BCUT2D eigenvalue weighted by Gasteiger charge is 2.29. The van der Waals surface area contributed by atoms with Gasteiger partial charge in [0.2, 0.25) is 0 Å². The molecule has 0 saturated carbocycles. The van der Waals surface area contributed by atoms with Crippen LogP contribution in [0.4, 0.5) is 24.5 Å². The Labute approximate surface area is 206 Å². The molecule has 3 heterocycles. The Morgan fingerprint density at radius 2 is 1.86 bits per heavy atom. The van der Waals surface area contributed by atoms with Crippen LogP contribution in [0.1, 0.15) is 29.5 Å². The number of hydrogen-bond acceptors (Lipinski definition) is 4. The molecule has 1 fully saturated rings. The highest BCUT2D eigenvalue weighted by atomic mass is 32.1. The highest BCUT2D eigenvalue weighted by Crippen LogP contribution is 2.42. The van der Waals surface area contributed by atoms with E-state index in [1.807, 2.05) is 36.5 Å². The van der Waals surface area contributed by atoms with Crippen molar-refractivity contribution in [2.75, 3.05) is 37.3 Å². The quantitative estimate of drug-likeness (QED) is 0.263. The first kappa shape index (κ1) is 23.6. The number of alkyl halides is 3. The molecule has 0 aliphatic carbocycles. The fourth-order valence-electron chi connectivity index (χ4n) is 4.61. The fraction of sp³-hybridized carbons (Fsp3) is 0.333. The summed E-state index contributed by atoms with van der Waals surface area (Å²) >= 11 is 1.28. The van der Waals surface area contributed by atoms with Crippen LogP contribution in [0.25, 0.3) is 21.0 Å². The molecule has 35 heavy (non-hydrogen) atoms. The molecule has 1 atom stereocenters. The maximum absolute atomic E-state index is 14.8. The van der Waals surface area contributed by atoms with Gasteiger partial charge in [0.15, 0.2) is 6.17 Å². The Bertz CT molecular complexity index is 1380. The number of aromatic amines is 1. The number of para-hydroxylation sites is 1. The van der Waals surface area contributed by atoms with Gasteiger partial charge in [0, 0.05) is 28.6 Å². The van der Waals surface area contributed by atoms with E-state index in [9.17, 15) is 13.2 Å². The van der Waals surface area contributed by atoms with E-state index < -0.39 is 12.6 Å². The summed E-state index contributed by atoms with van der Waals surface area (Å²) in [6.45, 7) is 2.31. The van der Waals surface area contributed by atoms with Gasteiger partial charge >= 0.3 is 0 Å². The summed E-state index contributed by atoms with van der Waals surface area (Å²) in [4.78, 5) is 5.83. The Hall–Kier alpha value is -3.15. The summed E-state index contributed by atoms with van der Waals surface area (Å²) in [6.07, 6.45) is -1.62. The number of H-pyrrole nitrogens is 1. The first-order chi connectivity index (χ1) is 17.0. The van der Waals surface area contributed by atoms with E-state index in [4.69, 9.17) is 0 Å². The summed E-state index contributed by atoms with van der Waals surface area (Å²) < 4.78 is 42.5. The monoisotopic (exact) mass is 496 g/mol. The molecule has 1 aliphatic heterocycles. The molecule has 8 heteroatoms. The summed E-state index contributed by atoms with van der Waals surface area (Å²) in [5.41, 5.74) is 2.72. The van der Waals surface area contributed by atoms with Gasteiger partial charge in [0.25, 0.3) is 6.43 Å². The van der Waals surface area contributed by atoms with Gasteiger partial charge in [-0.1, -0.05) is 36.1 Å². The minimum Gasteiger partial charge on any atom is -0.381 e. The third kappa shape index (κ3) is 4.97. The Kier molecular flexibility index (Phi) is 6.89. The number of benzene rings is 2. The predicted molar refractivity (Wildman–Crippen MR) is 139 cm³/mol. The van der Waals surface area contributed by atoms with Crippen molar-refractivity contribution >= 4 is 43.7 Å². The fourth-order valence-corrected chi connectivity index (χ4v) is 5.80. The number of hydrogen-bond donors (Lipinski definition) is 3. The van der Waals surface area contributed by atoms with Crippen molar-refractivity contribution in [3.63, 3.8) is 0 Å². The van der Waals surface area contributed by atoms with Crippen molar-refractivity contribution in [2.45, 2.75) is 31.5 Å². The van der Waals surface area contributed by atoms with E-state index in [0.29, 0.717) is 22.8 Å². The lowest BCUT2D eigenvalue weighted by Gasteiger charge is -2.30. The molecule has 4 aromatic rings. The summed E-state index contributed by atoms with van der Waals surface area (Å²) in [7, 11) is 2.10. The molecule has 0 bridgehead atoms. The van der Waals surface area contributed by atoms with E-state index in [2.05, 4.69) is 39.4 Å². The third-order valence-electron chi connectivity index (χ3n) is 6.49. The molecule has 1 saturated heterocycles. The number of nitrogens with zero attached hydrogens (tertiary/aromatic N) is 1. The van der Waals surface area contributed by atoms with Crippen LogP contribution >= 0.6 is 11.3 Å². The zero-order valence-electron chi connectivity index (χ0n) is 19.4. The van der Waals surface area contributed by atoms with Gasteiger partial charge in [-0.05, 0) is 51.2 Å². The Balaban J connectivity index is 1.43. The second kappa shape index (κ2) is 10.2. The van der Waals surface area contributed by atoms with Crippen LogP contribution in [0.3, 0.4) is 0 Å². The van der Waals surface area contributed by atoms with Gasteiger partial charge in [-0.3, -0.25) is 0 Å². The second-order valence-electron chi connectivity index (χ2n) is 8.89. The van der Waals surface area contributed by atoms with Crippen LogP contribution in [-0.4, -0.2) is 49.0 Å². The van der Waals surface area contributed by atoms with Crippen molar-refractivity contribution in [2.24, 2.45) is 0 Å². The van der Waals surface area contributed by atoms with Gasteiger partial charge in [-0.15, -0.1) is 11.3 Å². The lowest BCUT2D eigenvalue weighted by Crippen LogP contribution is -2.36. The lowest BCUT2D eigenvalue weighted by molar-refractivity contribution is 0.0504. The molecule has 5 rings (SSSR count). The number of rotatable bonds is 6. The zero-order valence-corrected chi connectivity index (χ0v) is 20.2. The number of fused-ring (bicyclic) bond motifs is 2. The molecule has 2 aromatic carbocycles. The molecular formula is C27H27F3N4S. The van der Waals surface area contributed by atoms with Gasteiger partial charge in [0.1, 0.15) is 0 Å². The van der Waals surface area contributed by atoms with Gasteiger partial charge in [-0.25, -0.2) is 13.2 Å². The van der Waals surface area contributed by atoms with Crippen LogP contribution in [-0.2, 0) is 0 Å². The SMILES string of the molecule is CN1CCC(Nc2cccc3c(C(F)C(F)F)c(C#CCNc4cccc5cc[nH]c45)sc23)CC1. The van der Waals surface area contributed by atoms with Crippen LogP contribution in [0.2, 0.25) is 0 Å². The normalized spacial score (nSPS) is 15.9. The van der Waals surface area contributed by atoms with Crippen molar-refractivity contribution in [3.8, 4) is 11.8 Å². The first-order valence-corrected chi connectivity index (χ1v) is 12.5. The zero-order chi connectivity index (χ0) is 24.4. The molecule has 4 nitrogen and oxygen atoms in total. The maximum atomic E-state index is 14.8. The van der Waals surface area contributed by atoms with E-state index in [-0.39, 0.29) is 5.56 Å². The minimum atomic E-state index is -3.11. The molecular weight excluding hydrogens is 469 g/mol. The van der Waals surface area contributed by atoms with E-state index in [1.165, 1.54) is 11.3 Å². The minimum absolute atomic E-state index is 0.00834. The van der Waals surface area contributed by atoms with Crippen molar-refractivity contribution in [1.29, 1.82) is 0 Å². The van der Waals surface area contributed by atoms with Crippen molar-refractivity contribution in [1.82, 2.24) is 9.88 Å². The van der Waals surface area contributed by atoms with Crippen LogP contribution in [0.15, 0.2) is 48.7 Å². The molecule has 182 valence electrons. The van der Waals surface area contributed by atoms with Gasteiger partial charge in [0.05, 0.1) is 33.0 Å². The number of nitrogens with one attached hydrogen (secondary N) is 3. The van der Waals surface area contributed by atoms with Gasteiger partial charge < -0.3 is 20.5 Å². The molecule has 2 aromatic heterocycles. The molecule has 0 spiro atoms. The highest BCUT2D eigenvalue weighted by molar-refractivity contribution is 7.20. The summed E-state index contributed by atoms with van der Waals surface area (Å²) in [6, 6.07) is 13.6. The van der Waals surface area contributed by atoms with Crippen molar-refractivity contribution < 1.29 is 13.2 Å². The second-order valence-corrected chi connectivity index (χ2v) is 9.91. The van der Waals surface area contributed by atoms with E-state index >= 15 is 0 Å². The smallest absolute Gasteiger partial charge is 0.273 e. The Morgan fingerprint density at radius 1 is 1.09 bits per heavy atom. The first-order valence-electron chi connectivity index (χ1n) is 11.7. The number of piperidine rings is 1. The average Bonchev–Trinajstić information content (AvgIpc) is 3.48. The number of likely N-dealkylation sites (tertiary alicyclic amines) is 1. The molecule has 1 aliphatic rings. The number of anilines is 2. The molecule has 0 radical (unpaired) electrons. The number of thiophene rings is 1. The Morgan fingerprint density at radius 3 is 2.66 bits per heavy atom. The number of halogens is 3. The topological polar surface area (TPSA) is 43.1 Å². The van der Waals surface area contributed by atoms with E-state index in [0.717, 1.165) is 52.9 Å². The lowest BCUT2D eigenvalue weighted by atomic mass is 10.0. The predicted octanol–water partition coefficient (Wildman–Crippen LogP) is 6.63. The van der Waals surface area contributed by atoms with Crippen LogP contribution in [0.5, 0.6) is 0 Å². The van der Waals surface area contributed by atoms with Crippen LogP contribution in [0, 0.1) is 11.8 Å². The molecule has 1 unspecified atom stereocenters. The maximum Gasteiger partial charge on any atom is 0.273 e. The largest absolute Gasteiger partial charge is 0.381 e.